The molecule has 6 nitrogen and oxygen atoms in total. The summed E-state index contributed by atoms with van der Waals surface area (Å²) >= 11 is 0. The number of hydrogen-bond acceptors (Lipinski definition) is 5. The van der Waals surface area contributed by atoms with Gasteiger partial charge in [0.25, 0.3) is 0 Å². The maximum Gasteiger partial charge on any atom is 0.402 e. The number of furan rings is 1. The van der Waals surface area contributed by atoms with Crippen molar-refractivity contribution in [1.29, 1.82) is 0 Å². The van der Waals surface area contributed by atoms with Crippen molar-refractivity contribution in [2.45, 2.75) is 17.6 Å². The van der Waals surface area contributed by atoms with Gasteiger partial charge in [0.2, 0.25) is 10.0 Å². The van der Waals surface area contributed by atoms with Crippen LogP contribution in [-0.2, 0) is 16.6 Å². The van der Waals surface area contributed by atoms with Gasteiger partial charge in [-0.1, -0.05) is 0 Å². The second-order valence-corrected chi connectivity index (χ2v) is 7.21. The lowest BCUT2D eigenvalue weighted by atomic mass is 10.3. The predicted molar refractivity (Wildman–Crippen MR) is 79.8 cm³/mol. The molecule has 2 heterocycles. The summed E-state index contributed by atoms with van der Waals surface area (Å²) < 4.78 is 79.9. The number of nitrogens with zero attached hydrogens (tertiary/aromatic N) is 1. The summed E-state index contributed by atoms with van der Waals surface area (Å²) in [5.74, 6) is 0.626. The number of alkyl halides is 3. The minimum absolute atomic E-state index is 0.102. The topological polar surface area (TPSA) is 69.0 Å². The average molecular weight is 377 g/mol. The first kappa shape index (κ1) is 17.6. The Hall–Kier alpha value is -2.20. The first-order valence-corrected chi connectivity index (χ1v) is 8.69. The summed E-state index contributed by atoms with van der Waals surface area (Å²) in [6.07, 6.45) is -3.44. The monoisotopic (exact) mass is 377 g/mol. The third-order valence-electron chi connectivity index (χ3n) is 3.42. The Morgan fingerprint density at radius 2 is 1.80 bits per heavy atom. The van der Waals surface area contributed by atoms with Crippen LogP contribution < -0.4 is 9.47 Å². The second kappa shape index (κ2) is 6.60. The molecule has 0 saturated carbocycles. The molecule has 10 heteroatoms. The van der Waals surface area contributed by atoms with Crippen molar-refractivity contribution in [3.05, 3.63) is 42.4 Å². The third kappa shape index (κ3) is 4.07. The molecule has 0 spiro atoms. The number of benzene rings is 1. The highest BCUT2D eigenvalue weighted by molar-refractivity contribution is 7.89. The van der Waals surface area contributed by atoms with E-state index in [1.54, 1.807) is 0 Å². The molecule has 0 saturated heterocycles. The van der Waals surface area contributed by atoms with Crippen LogP contribution in [-0.4, -0.2) is 38.7 Å². The Morgan fingerprint density at radius 3 is 2.44 bits per heavy atom. The Labute approximate surface area is 141 Å². The summed E-state index contributed by atoms with van der Waals surface area (Å²) in [4.78, 5) is -0.312. The van der Waals surface area contributed by atoms with Gasteiger partial charge in [0, 0.05) is 6.07 Å². The van der Waals surface area contributed by atoms with E-state index in [-0.39, 0.29) is 23.0 Å². The molecule has 0 N–H and O–H groups in total. The molecule has 1 aliphatic heterocycles. The number of halogens is 3. The molecule has 1 aromatic heterocycles. The van der Waals surface area contributed by atoms with Gasteiger partial charge in [-0.05, 0) is 24.3 Å². The van der Waals surface area contributed by atoms with E-state index < -0.39 is 29.3 Å². The normalized spacial score (nSPS) is 14.7. The van der Waals surface area contributed by atoms with Crippen LogP contribution in [0, 0.1) is 0 Å². The highest BCUT2D eigenvalue weighted by atomic mass is 32.2. The van der Waals surface area contributed by atoms with Crippen molar-refractivity contribution in [1.82, 2.24) is 4.31 Å². The molecular weight excluding hydrogens is 363 g/mol. The minimum Gasteiger partial charge on any atom is -0.486 e. The van der Waals surface area contributed by atoms with Crippen LogP contribution in [0.3, 0.4) is 0 Å². The van der Waals surface area contributed by atoms with E-state index >= 15 is 0 Å². The van der Waals surface area contributed by atoms with Crippen LogP contribution in [0.4, 0.5) is 13.2 Å². The zero-order valence-corrected chi connectivity index (χ0v) is 13.6. The molecule has 136 valence electrons. The van der Waals surface area contributed by atoms with Gasteiger partial charge >= 0.3 is 6.18 Å². The molecule has 0 amide bonds. The van der Waals surface area contributed by atoms with Gasteiger partial charge in [-0.3, -0.25) is 0 Å². The maximum absolute atomic E-state index is 12.9. The molecule has 0 aliphatic carbocycles. The smallest absolute Gasteiger partial charge is 0.402 e. The Kier molecular flexibility index (Phi) is 4.65. The number of fused-ring (bicyclic) bond motifs is 1. The van der Waals surface area contributed by atoms with Gasteiger partial charge in [0.1, 0.15) is 25.5 Å². The van der Waals surface area contributed by atoms with E-state index in [2.05, 4.69) is 0 Å². The van der Waals surface area contributed by atoms with Gasteiger partial charge in [-0.25, -0.2) is 8.42 Å². The van der Waals surface area contributed by atoms with Crippen molar-refractivity contribution in [3.63, 3.8) is 0 Å². The summed E-state index contributed by atoms with van der Waals surface area (Å²) in [5.41, 5.74) is 0. The highest BCUT2D eigenvalue weighted by Gasteiger charge is 2.38. The standard InChI is InChI=1S/C15H14F3NO5S/c16-15(17,18)10-19(9-11-2-1-5-22-11)25(20,21)12-3-4-13-14(8-12)24-7-6-23-13/h1-5,8H,6-7,9-10H2. The molecule has 2 aromatic rings. The molecule has 3 rings (SSSR count). The van der Waals surface area contributed by atoms with Gasteiger partial charge < -0.3 is 13.9 Å². The molecule has 0 atom stereocenters. The molecule has 0 fully saturated rings. The lowest BCUT2D eigenvalue weighted by Gasteiger charge is -2.24. The van der Waals surface area contributed by atoms with Crippen molar-refractivity contribution < 1.29 is 35.5 Å². The quantitative estimate of drug-likeness (QED) is 0.802. The molecule has 25 heavy (non-hydrogen) atoms. The largest absolute Gasteiger partial charge is 0.486 e. The van der Waals surface area contributed by atoms with E-state index in [0.29, 0.717) is 16.7 Å². The summed E-state index contributed by atoms with van der Waals surface area (Å²) in [6, 6.07) is 6.59. The zero-order chi connectivity index (χ0) is 18.1. The number of rotatable bonds is 5. The average Bonchev–Trinajstić information content (AvgIpc) is 3.05. The fraction of sp³-hybridized carbons (Fsp3) is 0.333. The molecule has 1 aromatic carbocycles. The Balaban J connectivity index is 1.95. The molecule has 0 bridgehead atoms. The molecule has 0 radical (unpaired) electrons. The highest BCUT2D eigenvalue weighted by Crippen LogP contribution is 2.34. The fourth-order valence-corrected chi connectivity index (χ4v) is 3.74. The van der Waals surface area contributed by atoms with Crippen molar-refractivity contribution >= 4 is 10.0 Å². The van der Waals surface area contributed by atoms with Crippen LogP contribution >= 0.6 is 0 Å². The Morgan fingerprint density at radius 1 is 1.08 bits per heavy atom. The maximum atomic E-state index is 12.9. The van der Waals surface area contributed by atoms with Gasteiger partial charge in [-0.2, -0.15) is 17.5 Å². The van der Waals surface area contributed by atoms with Gasteiger partial charge in [0.15, 0.2) is 11.5 Å². The van der Waals surface area contributed by atoms with E-state index in [1.807, 2.05) is 0 Å². The van der Waals surface area contributed by atoms with Crippen LogP contribution in [0.5, 0.6) is 11.5 Å². The van der Waals surface area contributed by atoms with Gasteiger partial charge in [0.05, 0.1) is 17.7 Å². The lowest BCUT2D eigenvalue weighted by molar-refractivity contribution is -0.137. The van der Waals surface area contributed by atoms with E-state index in [4.69, 9.17) is 13.9 Å². The number of hydrogen-bond donors (Lipinski definition) is 0. The van der Waals surface area contributed by atoms with Crippen LogP contribution in [0.2, 0.25) is 0 Å². The third-order valence-corrected chi connectivity index (χ3v) is 5.21. The molecule has 0 unspecified atom stereocenters. The fourth-order valence-electron chi connectivity index (χ4n) is 2.34. The van der Waals surface area contributed by atoms with Crippen LogP contribution in [0.15, 0.2) is 45.9 Å². The first-order valence-electron chi connectivity index (χ1n) is 7.25. The molecule has 1 aliphatic rings. The first-order chi connectivity index (χ1) is 11.8. The number of ether oxygens (including phenoxy) is 2. The lowest BCUT2D eigenvalue weighted by Crippen LogP contribution is -2.38. The SMILES string of the molecule is O=S(=O)(c1ccc2c(c1)OCCO2)N(Cc1ccco1)CC(F)(F)F. The van der Waals surface area contributed by atoms with E-state index in [1.165, 1.54) is 30.5 Å². The van der Waals surface area contributed by atoms with Crippen LogP contribution in [0.1, 0.15) is 5.76 Å². The summed E-state index contributed by atoms with van der Waals surface area (Å²) in [7, 11) is -4.43. The van der Waals surface area contributed by atoms with Crippen molar-refractivity contribution in [2.24, 2.45) is 0 Å². The summed E-state index contributed by atoms with van der Waals surface area (Å²) in [6.45, 7) is -1.62. The van der Waals surface area contributed by atoms with E-state index in [9.17, 15) is 21.6 Å². The van der Waals surface area contributed by atoms with E-state index in [0.717, 1.165) is 6.07 Å². The van der Waals surface area contributed by atoms with Crippen LogP contribution in [0.25, 0.3) is 0 Å². The summed E-state index contributed by atoms with van der Waals surface area (Å²) in [5, 5.41) is 0. The second-order valence-electron chi connectivity index (χ2n) is 5.27. The Bertz CT molecular complexity index is 833. The van der Waals surface area contributed by atoms with Gasteiger partial charge in [-0.15, -0.1) is 0 Å². The zero-order valence-electron chi connectivity index (χ0n) is 12.8. The predicted octanol–water partition coefficient (Wildman–Crippen LogP) is 2.80. The molecular formula is C15H14F3NO5S. The number of sulfonamides is 1. The van der Waals surface area contributed by atoms with Crippen molar-refractivity contribution in [3.8, 4) is 11.5 Å². The minimum atomic E-state index is -4.70. The van der Waals surface area contributed by atoms with Crippen molar-refractivity contribution in [2.75, 3.05) is 19.8 Å².